The summed E-state index contributed by atoms with van der Waals surface area (Å²) in [5.41, 5.74) is 4.48. The van der Waals surface area contributed by atoms with Crippen LogP contribution in [0.2, 0.25) is 0 Å². The van der Waals surface area contributed by atoms with Gasteiger partial charge in [-0.2, -0.15) is 0 Å². The Kier molecular flexibility index (Phi) is 3.63. The first kappa shape index (κ1) is 14.0. The minimum atomic E-state index is 0.784. The highest BCUT2D eigenvalue weighted by Gasteiger charge is 2.13. The van der Waals surface area contributed by atoms with E-state index >= 15 is 0 Å². The monoisotopic (exact) mass is 345 g/mol. The number of hydrogen-bond acceptors (Lipinski definition) is 4. The maximum atomic E-state index is 4.48. The van der Waals surface area contributed by atoms with Gasteiger partial charge in [0.25, 0.3) is 0 Å². The molecule has 6 heteroatoms. The van der Waals surface area contributed by atoms with Crippen molar-refractivity contribution in [1.29, 1.82) is 0 Å². The summed E-state index contributed by atoms with van der Waals surface area (Å²) in [5, 5.41) is 3.21. The van der Waals surface area contributed by atoms with E-state index in [2.05, 4.69) is 62.2 Å². The first-order valence-corrected chi connectivity index (χ1v) is 7.60. The Balaban J connectivity index is 2.21. The molecule has 0 spiro atoms. The highest BCUT2D eigenvalue weighted by atomic mass is 79.9. The van der Waals surface area contributed by atoms with Gasteiger partial charge >= 0.3 is 0 Å². The Hall–Kier alpha value is -1.95. The van der Waals surface area contributed by atoms with Crippen LogP contribution in [-0.2, 0) is 0 Å². The number of fused-ring (bicyclic) bond motifs is 1. The van der Waals surface area contributed by atoms with E-state index in [9.17, 15) is 0 Å². The van der Waals surface area contributed by atoms with Crippen molar-refractivity contribution in [2.45, 2.75) is 20.8 Å². The predicted molar refractivity (Wildman–Crippen MR) is 88.0 cm³/mol. The number of anilines is 1. The van der Waals surface area contributed by atoms with Gasteiger partial charge in [-0.25, -0.2) is 15.0 Å². The van der Waals surface area contributed by atoms with Crippen molar-refractivity contribution in [3.8, 4) is 5.82 Å². The van der Waals surface area contributed by atoms with Gasteiger partial charge in [-0.05, 0) is 60.0 Å². The van der Waals surface area contributed by atoms with Gasteiger partial charge in [0.15, 0.2) is 5.82 Å². The van der Waals surface area contributed by atoms with Gasteiger partial charge in [-0.3, -0.25) is 4.57 Å². The fourth-order valence-corrected chi connectivity index (χ4v) is 2.79. The van der Waals surface area contributed by atoms with E-state index in [1.54, 1.807) is 12.7 Å². The van der Waals surface area contributed by atoms with Crippen molar-refractivity contribution >= 4 is 32.8 Å². The third-order valence-corrected chi connectivity index (χ3v) is 4.24. The number of nitrogens with one attached hydrogen (secondary N) is 1. The molecular formula is C15H16BrN5. The molecule has 0 bridgehead atoms. The first-order valence-electron chi connectivity index (χ1n) is 6.81. The average Bonchev–Trinajstić information content (AvgIpc) is 2.85. The zero-order valence-corrected chi connectivity index (χ0v) is 13.8. The van der Waals surface area contributed by atoms with Crippen LogP contribution in [0, 0.1) is 13.8 Å². The summed E-state index contributed by atoms with van der Waals surface area (Å²) in [6, 6.07) is 4.24. The van der Waals surface area contributed by atoms with E-state index in [-0.39, 0.29) is 0 Å². The summed E-state index contributed by atoms with van der Waals surface area (Å²) in [5.74, 6) is 1.57. The van der Waals surface area contributed by atoms with Crippen molar-refractivity contribution in [3.63, 3.8) is 0 Å². The minimum Gasteiger partial charge on any atom is -0.369 e. The quantitative estimate of drug-likeness (QED) is 0.787. The van der Waals surface area contributed by atoms with E-state index in [4.69, 9.17) is 0 Å². The van der Waals surface area contributed by atoms with Gasteiger partial charge in [0, 0.05) is 6.54 Å². The van der Waals surface area contributed by atoms with Crippen molar-refractivity contribution in [3.05, 3.63) is 40.4 Å². The molecule has 2 heterocycles. The minimum absolute atomic E-state index is 0.784. The van der Waals surface area contributed by atoms with Crippen LogP contribution in [-0.4, -0.2) is 26.1 Å². The number of halogens is 1. The summed E-state index contributed by atoms with van der Waals surface area (Å²) in [7, 11) is 0. The second-order valence-corrected chi connectivity index (χ2v) is 5.72. The van der Waals surface area contributed by atoms with E-state index in [0.29, 0.717) is 0 Å². The Morgan fingerprint density at radius 3 is 2.67 bits per heavy atom. The standard InChI is InChI=1S/C15H16BrN5/c1-4-17-14-13(16)15(19-7-18-14)21-8-20-11-5-9(2)10(3)6-12(11)21/h5-8H,4H2,1-3H3,(H,17,18,19). The molecule has 2 aromatic heterocycles. The Bertz CT molecular complexity index is 809. The van der Waals surface area contributed by atoms with Gasteiger partial charge in [0.1, 0.15) is 22.9 Å². The molecule has 0 amide bonds. The highest BCUT2D eigenvalue weighted by molar-refractivity contribution is 9.10. The molecule has 0 aliphatic heterocycles. The lowest BCUT2D eigenvalue weighted by atomic mass is 10.1. The van der Waals surface area contributed by atoms with Crippen molar-refractivity contribution in [2.24, 2.45) is 0 Å². The number of aryl methyl sites for hydroxylation is 2. The van der Waals surface area contributed by atoms with Gasteiger partial charge < -0.3 is 5.32 Å². The number of rotatable bonds is 3. The van der Waals surface area contributed by atoms with Gasteiger partial charge in [0.2, 0.25) is 0 Å². The molecule has 0 aliphatic carbocycles. The summed E-state index contributed by atoms with van der Waals surface area (Å²) < 4.78 is 2.82. The molecular weight excluding hydrogens is 330 g/mol. The molecule has 0 saturated heterocycles. The molecule has 3 aromatic rings. The second kappa shape index (κ2) is 5.44. The number of benzene rings is 1. The molecule has 0 saturated carbocycles. The van der Waals surface area contributed by atoms with E-state index < -0.39 is 0 Å². The Morgan fingerprint density at radius 1 is 1.14 bits per heavy atom. The van der Waals surface area contributed by atoms with Crippen LogP contribution in [0.4, 0.5) is 5.82 Å². The molecule has 108 valence electrons. The number of nitrogens with zero attached hydrogens (tertiary/aromatic N) is 4. The SMILES string of the molecule is CCNc1ncnc(-n2cnc3cc(C)c(C)cc32)c1Br. The van der Waals surface area contributed by atoms with Crippen LogP contribution < -0.4 is 5.32 Å². The number of hydrogen-bond donors (Lipinski definition) is 1. The zero-order chi connectivity index (χ0) is 15.0. The lowest BCUT2D eigenvalue weighted by Gasteiger charge is -2.10. The van der Waals surface area contributed by atoms with Crippen LogP contribution in [0.3, 0.4) is 0 Å². The van der Waals surface area contributed by atoms with Crippen molar-refractivity contribution < 1.29 is 0 Å². The molecule has 0 unspecified atom stereocenters. The molecule has 21 heavy (non-hydrogen) atoms. The lowest BCUT2D eigenvalue weighted by molar-refractivity contribution is 0.978. The number of imidazole rings is 1. The van der Waals surface area contributed by atoms with Crippen LogP contribution in [0.25, 0.3) is 16.9 Å². The smallest absolute Gasteiger partial charge is 0.158 e. The molecule has 1 aromatic carbocycles. The maximum absolute atomic E-state index is 4.48. The molecule has 3 rings (SSSR count). The van der Waals surface area contributed by atoms with Crippen molar-refractivity contribution in [1.82, 2.24) is 19.5 Å². The van der Waals surface area contributed by atoms with E-state index in [1.165, 1.54) is 11.1 Å². The largest absolute Gasteiger partial charge is 0.369 e. The normalized spacial score (nSPS) is 11.0. The van der Waals surface area contributed by atoms with Gasteiger partial charge in [0.05, 0.1) is 11.0 Å². The number of aromatic nitrogens is 4. The van der Waals surface area contributed by atoms with Crippen LogP contribution >= 0.6 is 15.9 Å². The Labute approximate surface area is 131 Å². The van der Waals surface area contributed by atoms with Crippen LogP contribution in [0.15, 0.2) is 29.3 Å². The molecule has 0 atom stereocenters. The predicted octanol–water partition coefficient (Wildman–Crippen LogP) is 3.63. The second-order valence-electron chi connectivity index (χ2n) is 4.93. The molecule has 5 nitrogen and oxygen atoms in total. The first-order chi connectivity index (χ1) is 10.1. The van der Waals surface area contributed by atoms with E-state index in [1.807, 2.05) is 11.5 Å². The third kappa shape index (κ3) is 2.40. The van der Waals surface area contributed by atoms with Crippen LogP contribution in [0.5, 0.6) is 0 Å². The fraction of sp³-hybridized carbons (Fsp3) is 0.267. The lowest BCUT2D eigenvalue weighted by Crippen LogP contribution is -2.05. The molecule has 0 aliphatic rings. The average molecular weight is 346 g/mol. The molecule has 1 N–H and O–H groups in total. The third-order valence-electron chi connectivity index (χ3n) is 3.51. The van der Waals surface area contributed by atoms with Crippen LogP contribution in [0.1, 0.15) is 18.1 Å². The highest BCUT2D eigenvalue weighted by Crippen LogP contribution is 2.28. The summed E-state index contributed by atoms with van der Waals surface area (Å²) in [6.45, 7) is 7.04. The maximum Gasteiger partial charge on any atom is 0.158 e. The topological polar surface area (TPSA) is 55.6 Å². The van der Waals surface area contributed by atoms with Gasteiger partial charge in [-0.1, -0.05) is 0 Å². The summed E-state index contributed by atoms with van der Waals surface area (Å²) in [6.07, 6.45) is 3.36. The zero-order valence-electron chi connectivity index (χ0n) is 12.2. The Morgan fingerprint density at radius 2 is 1.90 bits per heavy atom. The summed E-state index contributed by atoms with van der Waals surface area (Å²) in [4.78, 5) is 13.1. The van der Waals surface area contributed by atoms with E-state index in [0.717, 1.165) is 33.7 Å². The summed E-state index contributed by atoms with van der Waals surface area (Å²) >= 11 is 3.59. The molecule has 0 radical (unpaired) electrons. The van der Waals surface area contributed by atoms with Gasteiger partial charge in [-0.15, -0.1) is 0 Å². The molecule has 0 fully saturated rings. The van der Waals surface area contributed by atoms with Crippen molar-refractivity contribution in [2.75, 3.05) is 11.9 Å². The fourth-order valence-electron chi connectivity index (χ4n) is 2.25.